The number of hydrogen-bond acceptors (Lipinski definition) is 4. The van der Waals surface area contributed by atoms with Gasteiger partial charge >= 0.3 is 0 Å². The van der Waals surface area contributed by atoms with E-state index in [2.05, 4.69) is 19.2 Å². The van der Waals surface area contributed by atoms with Crippen LogP contribution in [0.2, 0.25) is 0 Å². The number of carbonyl (C=O) groups is 1. The molecule has 1 N–H and O–H groups in total. The van der Waals surface area contributed by atoms with Crippen molar-refractivity contribution in [3.8, 4) is 5.75 Å². The number of nitrogens with one attached hydrogen (secondary N) is 1. The molecule has 0 aliphatic heterocycles. The summed E-state index contributed by atoms with van der Waals surface area (Å²) in [6.45, 7) is 5.73. The van der Waals surface area contributed by atoms with E-state index in [1.165, 1.54) is 12.1 Å². The molecule has 132 valence electrons. The van der Waals surface area contributed by atoms with Crippen LogP contribution in [0.1, 0.15) is 37.3 Å². The van der Waals surface area contributed by atoms with Crippen molar-refractivity contribution in [2.45, 2.75) is 33.1 Å². The summed E-state index contributed by atoms with van der Waals surface area (Å²) < 4.78 is 5.64. The Morgan fingerprint density at radius 2 is 2.00 bits per heavy atom. The van der Waals surface area contributed by atoms with Crippen molar-refractivity contribution in [1.29, 1.82) is 0 Å². The van der Waals surface area contributed by atoms with Crippen LogP contribution in [-0.4, -0.2) is 17.4 Å². The minimum Gasteiger partial charge on any atom is -0.483 e. The van der Waals surface area contributed by atoms with Gasteiger partial charge in [-0.2, -0.15) is 0 Å². The molecular formula is C19H22N2O4. The van der Waals surface area contributed by atoms with Crippen molar-refractivity contribution in [2.75, 3.05) is 11.9 Å². The summed E-state index contributed by atoms with van der Waals surface area (Å²) in [5, 5.41) is 13.7. The maximum absolute atomic E-state index is 12.1. The Balaban J connectivity index is 2.07. The third-order valence-electron chi connectivity index (χ3n) is 4.05. The van der Waals surface area contributed by atoms with E-state index in [9.17, 15) is 14.9 Å². The molecule has 2 aromatic rings. The van der Waals surface area contributed by atoms with Gasteiger partial charge in [0, 0.05) is 6.07 Å². The molecule has 0 aromatic heterocycles. The van der Waals surface area contributed by atoms with Gasteiger partial charge in [0.15, 0.2) is 6.61 Å². The number of nitrogens with zero attached hydrogens (tertiary/aromatic N) is 1. The number of rotatable bonds is 7. The third-order valence-corrected chi connectivity index (χ3v) is 4.05. The summed E-state index contributed by atoms with van der Waals surface area (Å²) in [7, 11) is 0. The van der Waals surface area contributed by atoms with E-state index in [1.807, 2.05) is 24.3 Å². The Hall–Kier alpha value is -2.89. The zero-order valence-corrected chi connectivity index (χ0v) is 14.6. The highest BCUT2D eigenvalue weighted by atomic mass is 16.6. The summed E-state index contributed by atoms with van der Waals surface area (Å²) in [5.41, 5.74) is 1.83. The number of carbonyl (C=O) groups excluding carboxylic acids is 1. The van der Waals surface area contributed by atoms with Crippen molar-refractivity contribution in [3.63, 3.8) is 0 Å². The number of ether oxygens (including phenoxy) is 1. The molecule has 1 amide bonds. The quantitative estimate of drug-likeness (QED) is 0.596. The zero-order chi connectivity index (χ0) is 18.4. The fourth-order valence-electron chi connectivity index (χ4n) is 2.47. The van der Waals surface area contributed by atoms with Crippen molar-refractivity contribution in [2.24, 2.45) is 0 Å². The van der Waals surface area contributed by atoms with Gasteiger partial charge in [0.05, 0.1) is 4.92 Å². The molecule has 6 heteroatoms. The number of hydrogen-bond donors (Lipinski definition) is 1. The van der Waals surface area contributed by atoms with Crippen LogP contribution in [-0.2, 0) is 4.79 Å². The number of para-hydroxylation sites is 1. The highest BCUT2D eigenvalue weighted by Crippen LogP contribution is 2.29. The molecule has 0 aliphatic carbocycles. The fourth-order valence-corrected chi connectivity index (χ4v) is 2.47. The second-order valence-electron chi connectivity index (χ2n) is 5.96. The second kappa shape index (κ2) is 8.28. The summed E-state index contributed by atoms with van der Waals surface area (Å²) in [4.78, 5) is 22.7. The second-order valence-corrected chi connectivity index (χ2v) is 5.96. The maximum atomic E-state index is 12.1. The number of anilines is 1. The molecule has 2 aromatic carbocycles. The van der Waals surface area contributed by atoms with Crippen LogP contribution in [0, 0.1) is 17.0 Å². The lowest BCUT2D eigenvalue weighted by atomic mass is 9.98. The Kier molecular flexibility index (Phi) is 6.11. The average Bonchev–Trinajstić information content (AvgIpc) is 2.61. The normalized spacial score (nSPS) is 11.6. The molecule has 0 saturated carbocycles. The van der Waals surface area contributed by atoms with Gasteiger partial charge in [0.25, 0.3) is 11.6 Å². The smallest absolute Gasteiger partial charge is 0.293 e. The fraction of sp³-hybridized carbons (Fsp3) is 0.316. The van der Waals surface area contributed by atoms with Crippen LogP contribution in [0.3, 0.4) is 0 Å². The van der Waals surface area contributed by atoms with Gasteiger partial charge in [0.2, 0.25) is 0 Å². The minimum absolute atomic E-state index is 0.131. The van der Waals surface area contributed by atoms with Crippen molar-refractivity contribution in [3.05, 3.63) is 63.7 Å². The standard InChI is InChI=1S/C19H22N2O4/c1-4-14(3)15-7-5-6-8-18(15)25-12-19(22)20-16-10-9-13(2)11-17(16)21(23)24/h5-11,14H,4,12H2,1-3H3,(H,20,22). The Labute approximate surface area is 147 Å². The molecule has 0 saturated heterocycles. The van der Waals surface area contributed by atoms with Gasteiger partial charge in [-0.3, -0.25) is 14.9 Å². The van der Waals surface area contributed by atoms with E-state index >= 15 is 0 Å². The highest BCUT2D eigenvalue weighted by molar-refractivity contribution is 5.94. The van der Waals surface area contributed by atoms with Gasteiger partial charge in [0.1, 0.15) is 11.4 Å². The van der Waals surface area contributed by atoms with Crippen molar-refractivity contribution in [1.82, 2.24) is 0 Å². The number of benzene rings is 2. The van der Waals surface area contributed by atoms with Gasteiger partial charge in [-0.25, -0.2) is 0 Å². The molecular weight excluding hydrogens is 320 g/mol. The molecule has 0 radical (unpaired) electrons. The first kappa shape index (κ1) is 18.4. The van der Waals surface area contributed by atoms with Gasteiger partial charge in [-0.15, -0.1) is 0 Å². The van der Waals surface area contributed by atoms with E-state index in [1.54, 1.807) is 13.0 Å². The van der Waals surface area contributed by atoms with Gasteiger partial charge < -0.3 is 10.1 Å². The molecule has 6 nitrogen and oxygen atoms in total. The first-order chi connectivity index (χ1) is 11.9. The molecule has 0 spiro atoms. The number of aryl methyl sites for hydroxylation is 1. The van der Waals surface area contributed by atoms with Crippen molar-refractivity contribution >= 4 is 17.3 Å². The highest BCUT2D eigenvalue weighted by Gasteiger charge is 2.17. The SMILES string of the molecule is CCC(C)c1ccccc1OCC(=O)Nc1ccc(C)cc1[N+](=O)[O-]. The largest absolute Gasteiger partial charge is 0.483 e. The molecule has 0 fully saturated rings. The Bertz CT molecular complexity index is 774. The molecule has 2 rings (SSSR count). The first-order valence-electron chi connectivity index (χ1n) is 8.19. The van der Waals surface area contributed by atoms with Crippen LogP contribution < -0.4 is 10.1 Å². The topological polar surface area (TPSA) is 81.5 Å². The zero-order valence-electron chi connectivity index (χ0n) is 14.6. The van der Waals surface area contributed by atoms with Gasteiger partial charge in [-0.1, -0.05) is 38.1 Å². The minimum atomic E-state index is -0.512. The van der Waals surface area contributed by atoms with E-state index < -0.39 is 10.8 Å². The average molecular weight is 342 g/mol. The molecule has 0 aliphatic rings. The summed E-state index contributed by atoms with van der Waals surface area (Å²) in [6.07, 6.45) is 0.960. The van der Waals surface area contributed by atoms with Crippen LogP contribution in [0.4, 0.5) is 11.4 Å². The molecule has 25 heavy (non-hydrogen) atoms. The Morgan fingerprint density at radius 3 is 2.68 bits per heavy atom. The number of nitro benzene ring substituents is 1. The van der Waals surface area contributed by atoms with Crippen molar-refractivity contribution < 1.29 is 14.5 Å². The van der Waals surface area contributed by atoms with E-state index in [-0.39, 0.29) is 18.0 Å². The molecule has 0 heterocycles. The molecule has 1 atom stereocenters. The predicted molar refractivity (Wildman–Crippen MR) is 97.1 cm³/mol. The molecule has 0 bridgehead atoms. The van der Waals surface area contributed by atoms with Gasteiger partial charge in [-0.05, 0) is 42.5 Å². The molecule has 1 unspecified atom stereocenters. The van der Waals surface area contributed by atoms with Crippen LogP contribution in [0.5, 0.6) is 5.75 Å². The lowest BCUT2D eigenvalue weighted by molar-refractivity contribution is -0.384. The summed E-state index contributed by atoms with van der Waals surface area (Å²) in [5.74, 6) is 0.536. The van der Waals surface area contributed by atoms with Crippen LogP contribution >= 0.6 is 0 Å². The monoisotopic (exact) mass is 342 g/mol. The summed E-state index contributed by atoms with van der Waals surface area (Å²) >= 11 is 0. The predicted octanol–water partition coefficient (Wildman–Crippen LogP) is 4.43. The first-order valence-corrected chi connectivity index (χ1v) is 8.19. The number of nitro groups is 1. The van der Waals surface area contributed by atoms with E-state index in [4.69, 9.17) is 4.74 Å². The third kappa shape index (κ3) is 4.79. The number of amides is 1. The van der Waals surface area contributed by atoms with Crippen LogP contribution in [0.25, 0.3) is 0 Å². The van der Waals surface area contributed by atoms with E-state index in [0.29, 0.717) is 11.7 Å². The summed E-state index contributed by atoms with van der Waals surface area (Å²) in [6, 6.07) is 12.2. The lowest BCUT2D eigenvalue weighted by Crippen LogP contribution is -2.21. The Morgan fingerprint density at radius 1 is 1.28 bits per heavy atom. The maximum Gasteiger partial charge on any atom is 0.293 e. The van der Waals surface area contributed by atoms with Crippen LogP contribution in [0.15, 0.2) is 42.5 Å². The van der Waals surface area contributed by atoms with E-state index in [0.717, 1.165) is 17.5 Å². The lowest BCUT2D eigenvalue weighted by Gasteiger charge is -2.15.